The van der Waals surface area contributed by atoms with Crippen molar-refractivity contribution < 1.29 is 15.0 Å². The van der Waals surface area contributed by atoms with E-state index in [1.165, 1.54) is 6.92 Å². The maximum absolute atomic E-state index is 11.4. The van der Waals surface area contributed by atoms with Crippen LogP contribution in [-0.4, -0.2) is 40.1 Å². The van der Waals surface area contributed by atoms with Gasteiger partial charge in [-0.2, -0.15) is 0 Å². The summed E-state index contributed by atoms with van der Waals surface area (Å²) in [5.74, 6) is 0.193. The predicted octanol–water partition coefficient (Wildman–Crippen LogP) is 2.33. The monoisotopic (exact) mass is 277 g/mol. The molecule has 4 heteroatoms. The van der Waals surface area contributed by atoms with Crippen LogP contribution in [0.5, 0.6) is 5.75 Å². The molecule has 1 aromatic carbocycles. The first-order chi connectivity index (χ1) is 9.49. The van der Waals surface area contributed by atoms with Crippen LogP contribution in [0.15, 0.2) is 18.2 Å². The van der Waals surface area contributed by atoms with Crippen LogP contribution in [0, 0.1) is 0 Å². The highest BCUT2D eigenvalue weighted by Crippen LogP contribution is 2.26. The predicted molar refractivity (Wildman–Crippen MR) is 77.8 cm³/mol. The van der Waals surface area contributed by atoms with Gasteiger partial charge in [0.25, 0.3) is 0 Å². The Kier molecular flexibility index (Phi) is 4.78. The Balaban J connectivity index is 2.12. The molecule has 0 bridgehead atoms. The smallest absolute Gasteiger partial charge is 0.159 e. The summed E-state index contributed by atoms with van der Waals surface area (Å²) in [4.78, 5) is 13.5. The molecule has 0 saturated heterocycles. The number of phenolic OH excluding ortho intramolecular Hbond substituents is 1. The van der Waals surface area contributed by atoms with Gasteiger partial charge >= 0.3 is 0 Å². The third-order valence-corrected chi connectivity index (χ3v) is 4.17. The summed E-state index contributed by atoms with van der Waals surface area (Å²) in [6.07, 6.45) is 3.73. The Hall–Kier alpha value is -1.39. The minimum atomic E-state index is -0.299. The summed E-state index contributed by atoms with van der Waals surface area (Å²) in [5, 5.41) is 20.0. The number of hydrogen-bond acceptors (Lipinski definition) is 4. The fourth-order valence-electron chi connectivity index (χ4n) is 2.92. The largest absolute Gasteiger partial charge is 0.508 e. The van der Waals surface area contributed by atoms with Gasteiger partial charge in [-0.1, -0.05) is 12.8 Å². The van der Waals surface area contributed by atoms with Crippen molar-refractivity contribution in [3.05, 3.63) is 29.3 Å². The molecule has 2 N–H and O–H groups in total. The van der Waals surface area contributed by atoms with E-state index in [0.29, 0.717) is 12.1 Å². The lowest BCUT2D eigenvalue weighted by Gasteiger charge is -2.35. The molecule has 0 radical (unpaired) electrons. The lowest BCUT2D eigenvalue weighted by Crippen LogP contribution is -2.42. The number of carbonyl (C=O) groups excluding carboxylic acids is 1. The molecule has 110 valence electrons. The number of phenols is 1. The number of ketones is 1. The minimum absolute atomic E-state index is 0.00777. The molecule has 0 aromatic heterocycles. The number of Topliss-reactive ketones (excluding diaryl/α,β-unsaturated/α-hetero) is 1. The van der Waals surface area contributed by atoms with E-state index in [0.717, 1.165) is 31.2 Å². The maximum Gasteiger partial charge on any atom is 0.159 e. The van der Waals surface area contributed by atoms with Crippen LogP contribution in [0.1, 0.15) is 48.5 Å². The van der Waals surface area contributed by atoms with Crippen LogP contribution in [0.3, 0.4) is 0 Å². The molecule has 1 aliphatic carbocycles. The number of hydrogen-bond donors (Lipinski definition) is 2. The highest BCUT2D eigenvalue weighted by atomic mass is 16.3. The van der Waals surface area contributed by atoms with Crippen LogP contribution < -0.4 is 0 Å². The van der Waals surface area contributed by atoms with Gasteiger partial charge in [0.15, 0.2) is 5.78 Å². The van der Waals surface area contributed by atoms with Crippen molar-refractivity contribution in [2.24, 2.45) is 0 Å². The van der Waals surface area contributed by atoms with E-state index in [4.69, 9.17) is 0 Å². The number of rotatable bonds is 4. The van der Waals surface area contributed by atoms with Gasteiger partial charge in [0, 0.05) is 23.7 Å². The molecule has 2 rings (SSSR count). The summed E-state index contributed by atoms with van der Waals surface area (Å²) >= 11 is 0. The Bertz CT molecular complexity index is 487. The molecular formula is C16H23NO3. The number of aromatic hydroxyl groups is 1. The molecule has 0 heterocycles. The molecule has 1 saturated carbocycles. The lowest BCUT2D eigenvalue weighted by atomic mass is 9.91. The van der Waals surface area contributed by atoms with Gasteiger partial charge in [-0.05, 0) is 45.0 Å². The zero-order valence-electron chi connectivity index (χ0n) is 12.2. The molecule has 1 aromatic rings. The van der Waals surface area contributed by atoms with E-state index < -0.39 is 0 Å². The Morgan fingerprint density at radius 2 is 2.05 bits per heavy atom. The molecule has 4 nitrogen and oxygen atoms in total. The van der Waals surface area contributed by atoms with E-state index >= 15 is 0 Å². The first-order valence-electron chi connectivity index (χ1n) is 7.20. The van der Waals surface area contributed by atoms with Gasteiger partial charge in [-0.3, -0.25) is 9.69 Å². The zero-order valence-corrected chi connectivity index (χ0v) is 12.2. The standard InChI is InChI=1S/C16H23NO3/c1-11(18)12-7-8-15(19)13(9-12)10-17(2)14-5-3-4-6-16(14)20/h7-9,14,16,19-20H,3-6,10H2,1-2H3. The van der Waals surface area contributed by atoms with Crippen molar-refractivity contribution >= 4 is 5.78 Å². The zero-order chi connectivity index (χ0) is 14.7. The summed E-state index contributed by atoms with van der Waals surface area (Å²) in [5.41, 5.74) is 1.34. The maximum atomic E-state index is 11.4. The second kappa shape index (κ2) is 6.37. The van der Waals surface area contributed by atoms with Gasteiger partial charge in [-0.15, -0.1) is 0 Å². The summed E-state index contributed by atoms with van der Waals surface area (Å²) in [7, 11) is 1.96. The van der Waals surface area contributed by atoms with Crippen LogP contribution in [0.4, 0.5) is 0 Å². The third-order valence-electron chi connectivity index (χ3n) is 4.17. The second-order valence-electron chi connectivity index (χ2n) is 5.73. The normalized spacial score (nSPS) is 23.0. The van der Waals surface area contributed by atoms with Gasteiger partial charge in [0.2, 0.25) is 0 Å². The molecule has 0 amide bonds. The molecule has 2 atom stereocenters. The van der Waals surface area contributed by atoms with Gasteiger partial charge in [-0.25, -0.2) is 0 Å². The molecule has 1 aliphatic rings. The van der Waals surface area contributed by atoms with E-state index in [9.17, 15) is 15.0 Å². The fourth-order valence-corrected chi connectivity index (χ4v) is 2.92. The molecule has 20 heavy (non-hydrogen) atoms. The number of aliphatic hydroxyl groups is 1. The third kappa shape index (κ3) is 3.38. The molecular weight excluding hydrogens is 254 g/mol. The van der Waals surface area contributed by atoms with Crippen molar-refractivity contribution in [1.29, 1.82) is 0 Å². The lowest BCUT2D eigenvalue weighted by molar-refractivity contribution is 0.0285. The Morgan fingerprint density at radius 3 is 2.70 bits per heavy atom. The summed E-state index contributed by atoms with van der Waals surface area (Å²) in [6.45, 7) is 2.06. The summed E-state index contributed by atoms with van der Waals surface area (Å²) < 4.78 is 0. The van der Waals surface area contributed by atoms with Gasteiger partial charge in [0.05, 0.1) is 6.10 Å². The van der Waals surface area contributed by atoms with Crippen molar-refractivity contribution in [3.8, 4) is 5.75 Å². The quantitative estimate of drug-likeness (QED) is 0.829. The van der Waals surface area contributed by atoms with E-state index in [1.54, 1.807) is 18.2 Å². The van der Waals surface area contributed by atoms with E-state index in [1.807, 2.05) is 7.05 Å². The highest BCUT2D eigenvalue weighted by molar-refractivity contribution is 5.94. The van der Waals surface area contributed by atoms with E-state index in [2.05, 4.69) is 4.90 Å². The first kappa shape index (κ1) is 15.0. The number of carbonyl (C=O) groups is 1. The van der Waals surface area contributed by atoms with Crippen molar-refractivity contribution in [2.75, 3.05) is 7.05 Å². The second-order valence-corrected chi connectivity index (χ2v) is 5.73. The van der Waals surface area contributed by atoms with Crippen LogP contribution >= 0.6 is 0 Å². The fraction of sp³-hybridized carbons (Fsp3) is 0.562. The number of likely N-dealkylation sites (N-methyl/N-ethyl adjacent to an activating group) is 1. The van der Waals surface area contributed by atoms with Crippen LogP contribution in [-0.2, 0) is 6.54 Å². The van der Waals surface area contributed by atoms with E-state index in [-0.39, 0.29) is 23.7 Å². The SMILES string of the molecule is CC(=O)c1ccc(O)c(CN(C)C2CCCCC2O)c1. The first-order valence-corrected chi connectivity index (χ1v) is 7.20. The average molecular weight is 277 g/mol. The van der Waals surface area contributed by atoms with Crippen molar-refractivity contribution in [2.45, 2.75) is 51.3 Å². The van der Waals surface area contributed by atoms with Gasteiger partial charge < -0.3 is 10.2 Å². The topological polar surface area (TPSA) is 60.8 Å². The number of aliphatic hydroxyl groups excluding tert-OH is 1. The highest BCUT2D eigenvalue weighted by Gasteiger charge is 2.26. The van der Waals surface area contributed by atoms with Gasteiger partial charge in [0.1, 0.15) is 5.75 Å². The number of nitrogens with zero attached hydrogens (tertiary/aromatic N) is 1. The van der Waals surface area contributed by atoms with Crippen LogP contribution in [0.25, 0.3) is 0 Å². The Morgan fingerprint density at radius 1 is 1.35 bits per heavy atom. The van der Waals surface area contributed by atoms with Crippen molar-refractivity contribution in [1.82, 2.24) is 4.90 Å². The van der Waals surface area contributed by atoms with Crippen molar-refractivity contribution in [3.63, 3.8) is 0 Å². The molecule has 2 unspecified atom stereocenters. The average Bonchev–Trinajstić information content (AvgIpc) is 2.41. The number of benzene rings is 1. The molecule has 0 aliphatic heterocycles. The summed E-state index contributed by atoms with van der Waals surface area (Å²) in [6, 6.07) is 5.07. The van der Waals surface area contributed by atoms with Crippen LogP contribution in [0.2, 0.25) is 0 Å². The Labute approximate surface area is 120 Å². The molecule has 0 spiro atoms. The minimum Gasteiger partial charge on any atom is -0.508 e. The molecule has 1 fully saturated rings.